The lowest BCUT2D eigenvalue weighted by molar-refractivity contribution is 0.0679. The van der Waals surface area contributed by atoms with Crippen LogP contribution in [0.15, 0.2) is 0 Å². The van der Waals surface area contributed by atoms with Crippen LogP contribution in [0.2, 0.25) is 0 Å². The summed E-state index contributed by atoms with van der Waals surface area (Å²) in [5.74, 6) is 0. The van der Waals surface area contributed by atoms with Crippen LogP contribution in [0.1, 0.15) is 13.8 Å². The molecule has 0 aliphatic heterocycles. The Hall–Kier alpha value is -0.120. The van der Waals surface area contributed by atoms with Crippen LogP contribution < -0.4 is 0 Å². The summed E-state index contributed by atoms with van der Waals surface area (Å²) in [4.78, 5) is 2.08. The molecule has 0 aromatic rings. The summed E-state index contributed by atoms with van der Waals surface area (Å²) in [5.41, 5.74) is 0. The minimum Gasteiger partial charge on any atom is -0.392 e. The Labute approximate surface area is 69.0 Å². The number of hydrogen-bond donors (Lipinski definition) is 1. The first kappa shape index (κ1) is 10.9. The molecule has 0 rings (SSSR count). The molecule has 11 heavy (non-hydrogen) atoms. The minimum atomic E-state index is -0.281. The third kappa shape index (κ3) is 4.35. The fraction of sp³-hybridized carbons (Fsp3) is 1.00. The predicted molar refractivity (Wildman–Crippen MR) is 45.6 cm³/mol. The summed E-state index contributed by atoms with van der Waals surface area (Å²) in [7, 11) is 3.66. The number of likely N-dealkylation sites (N-methyl/N-ethyl adjacent to an activating group) is 1. The molecule has 0 aliphatic rings. The van der Waals surface area contributed by atoms with E-state index in [2.05, 4.69) is 4.90 Å². The molecule has 0 aromatic heterocycles. The molecule has 0 unspecified atom stereocenters. The SMILES string of the molecule is COCCN(C)[C@H](C)[C@H](C)O. The molecule has 0 heterocycles. The van der Waals surface area contributed by atoms with E-state index in [4.69, 9.17) is 4.74 Å². The molecule has 3 nitrogen and oxygen atoms in total. The van der Waals surface area contributed by atoms with Crippen LogP contribution in [-0.4, -0.2) is 49.5 Å². The molecule has 0 saturated carbocycles. The summed E-state index contributed by atoms with van der Waals surface area (Å²) in [6.07, 6.45) is -0.281. The highest BCUT2D eigenvalue weighted by atomic mass is 16.5. The molecule has 0 fully saturated rings. The normalized spacial score (nSPS) is 16.9. The molecule has 0 radical (unpaired) electrons. The molecule has 0 amide bonds. The highest BCUT2D eigenvalue weighted by Gasteiger charge is 2.13. The van der Waals surface area contributed by atoms with E-state index in [1.807, 2.05) is 14.0 Å². The lowest BCUT2D eigenvalue weighted by atomic mass is 10.2. The summed E-state index contributed by atoms with van der Waals surface area (Å²) >= 11 is 0. The van der Waals surface area contributed by atoms with Crippen LogP contribution in [0.25, 0.3) is 0 Å². The van der Waals surface area contributed by atoms with Gasteiger partial charge < -0.3 is 9.84 Å². The molecule has 68 valence electrons. The molecule has 3 heteroatoms. The molecule has 0 spiro atoms. The van der Waals surface area contributed by atoms with E-state index in [-0.39, 0.29) is 12.1 Å². The smallest absolute Gasteiger partial charge is 0.0664 e. The van der Waals surface area contributed by atoms with Crippen molar-refractivity contribution < 1.29 is 9.84 Å². The topological polar surface area (TPSA) is 32.7 Å². The Morgan fingerprint density at radius 1 is 1.45 bits per heavy atom. The van der Waals surface area contributed by atoms with Crippen molar-refractivity contribution in [1.29, 1.82) is 0 Å². The van der Waals surface area contributed by atoms with E-state index in [0.717, 1.165) is 6.54 Å². The second kappa shape index (κ2) is 5.52. The first-order valence-corrected chi connectivity index (χ1v) is 3.96. The van der Waals surface area contributed by atoms with Gasteiger partial charge in [0.25, 0.3) is 0 Å². The van der Waals surface area contributed by atoms with Gasteiger partial charge in [0.1, 0.15) is 0 Å². The van der Waals surface area contributed by atoms with Crippen molar-refractivity contribution in [3.63, 3.8) is 0 Å². The van der Waals surface area contributed by atoms with Crippen LogP contribution >= 0.6 is 0 Å². The number of rotatable bonds is 5. The Balaban J connectivity index is 3.55. The van der Waals surface area contributed by atoms with Gasteiger partial charge in [-0.1, -0.05) is 0 Å². The Morgan fingerprint density at radius 3 is 2.36 bits per heavy atom. The van der Waals surface area contributed by atoms with Crippen molar-refractivity contribution in [3.8, 4) is 0 Å². The van der Waals surface area contributed by atoms with E-state index in [1.165, 1.54) is 0 Å². The van der Waals surface area contributed by atoms with Gasteiger partial charge in [-0.05, 0) is 20.9 Å². The van der Waals surface area contributed by atoms with Crippen LogP contribution in [0.5, 0.6) is 0 Å². The monoisotopic (exact) mass is 161 g/mol. The molecule has 0 aliphatic carbocycles. The zero-order valence-corrected chi connectivity index (χ0v) is 7.87. The van der Waals surface area contributed by atoms with Crippen molar-refractivity contribution in [2.75, 3.05) is 27.3 Å². The number of aliphatic hydroxyl groups is 1. The number of methoxy groups -OCH3 is 1. The van der Waals surface area contributed by atoms with E-state index in [1.54, 1.807) is 14.0 Å². The number of hydrogen-bond acceptors (Lipinski definition) is 3. The van der Waals surface area contributed by atoms with Crippen molar-refractivity contribution in [1.82, 2.24) is 4.90 Å². The summed E-state index contributed by atoms with van der Waals surface area (Å²) in [5, 5.41) is 9.21. The maximum absolute atomic E-state index is 9.21. The van der Waals surface area contributed by atoms with Gasteiger partial charge in [-0.2, -0.15) is 0 Å². The molecule has 1 N–H and O–H groups in total. The van der Waals surface area contributed by atoms with Crippen molar-refractivity contribution >= 4 is 0 Å². The van der Waals surface area contributed by atoms with E-state index in [9.17, 15) is 5.11 Å². The Bertz CT molecular complexity index is 96.1. The first-order valence-electron chi connectivity index (χ1n) is 3.96. The van der Waals surface area contributed by atoms with Gasteiger partial charge in [-0.25, -0.2) is 0 Å². The second-order valence-corrected chi connectivity index (χ2v) is 2.95. The third-order valence-electron chi connectivity index (χ3n) is 2.04. The van der Waals surface area contributed by atoms with Crippen LogP contribution in [0.4, 0.5) is 0 Å². The van der Waals surface area contributed by atoms with Gasteiger partial charge in [0.2, 0.25) is 0 Å². The first-order chi connectivity index (χ1) is 5.09. The van der Waals surface area contributed by atoms with Crippen LogP contribution in [-0.2, 0) is 4.74 Å². The van der Waals surface area contributed by atoms with Crippen molar-refractivity contribution in [2.24, 2.45) is 0 Å². The fourth-order valence-corrected chi connectivity index (χ4v) is 0.807. The largest absolute Gasteiger partial charge is 0.392 e. The molecule has 0 aromatic carbocycles. The summed E-state index contributed by atoms with van der Waals surface area (Å²) in [6, 6.07) is 0.199. The summed E-state index contributed by atoms with van der Waals surface area (Å²) < 4.78 is 4.92. The highest BCUT2D eigenvalue weighted by molar-refractivity contribution is 4.67. The van der Waals surface area contributed by atoms with Gasteiger partial charge in [-0.15, -0.1) is 0 Å². The molecule has 0 bridgehead atoms. The van der Waals surface area contributed by atoms with E-state index >= 15 is 0 Å². The van der Waals surface area contributed by atoms with Gasteiger partial charge in [0, 0.05) is 19.7 Å². The third-order valence-corrected chi connectivity index (χ3v) is 2.04. The summed E-state index contributed by atoms with van der Waals surface area (Å²) in [6.45, 7) is 5.38. The molecule has 0 saturated heterocycles. The van der Waals surface area contributed by atoms with Crippen molar-refractivity contribution in [2.45, 2.75) is 26.0 Å². The number of aliphatic hydroxyl groups excluding tert-OH is 1. The zero-order valence-electron chi connectivity index (χ0n) is 7.87. The van der Waals surface area contributed by atoms with Gasteiger partial charge in [-0.3, -0.25) is 4.90 Å². The van der Waals surface area contributed by atoms with Gasteiger partial charge in [0.05, 0.1) is 12.7 Å². The van der Waals surface area contributed by atoms with E-state index < -0.39 is 0 Å². The zero-order chi connectivity index (χ0) is 8.85. The molecular formula is C8H19NO2. The number of ether oxygens (including phenoxy) is 1. The predicted octanol–water partition coefficient (Wildman–Crippen LogP) is 0.334. The molecule has 2 atom stereocenters. The second-order valence-electron chi connectivity index (χ2n) is 2.95. The maximum atomic E-state index is 9.21. The minimum absolute atomic E-state index is 0.199. The van der Waals surface area contributed by atoms with Gasteiger partial charge >= 0.3 is 0 Å². The molecular weight excluding hydrogens is 142 g/mol. The average Bonchev–Trinajstić information content (AvgIpc) is 1.98. The van der Waals surface area contributed by atoms with Gasteiger partial charge in [0.15, 0.2) is 0 Å². The van der Waals surface area contributed by atoms with Crippen LogP contribution in [0.3, 0.4) is 0 Å². The maximum Gasteiger partial charge on any atom is 0.0664 e. The highest BCUT2D eigenvalue weighted by Crippen LogP contribution is 1.99. The standard InChI is InChI=1S/C8H19NO2/c1-7(8(2)10)9(3)5-6-11-4/h7-8,10H,5-6H2,1-4H3/t7-,8+/m1/s1. The number of nitrogens with zero attached hydrogens (tertiary/aromatic N) is 1. The van der Waals surface area contributed by atoms with Crippen LogP contribution in [0, 0.1) is 0 Å². The van der Waals surface area contributed by atoms with Crippen molar-refractivity contribution in [3.05, 3.63) is 0 Å². The average molecular weight is 161 g/mol. The van der Waals surface area contributed by atoms with E-state index in [0.29, 0.717) is 6.61 Å². The fourth-order valence-electron chi connectivity index (χ4n) is 0.807. The lowest BCUT2D eigenvalue weighted by Crippen LogP contribution is -2.39. The Morgan fingerprint density at radius 2 is 2.00 bits per heavy atom. The quantitative estimate of drug-likeness (QED) is 0.631. The Kier molecular flexibility index (Phi) is 5.46. The lowest BCUT2D eigenvalue weighted by Gasteiger charge is -2.26.